The maximum Gasteiger partial charge on any atom is 0.218 e. The number of rotatable bonds is 3. The molecule has 0 aliphatic carbocycles. The minimum Gasteiger partial charge on any atom is -0.478 e. The third-order valence-corrected chi connectivity index (χ3v) is 4.34. The predicted octanol–water partition coefficient (Wildman–Crippen LogP) is 1.86. The second-order valence-corrected chi connectivity index (χ2v) is 5.89. The van der Waals surface area contributed by atoms with Crippen LogP contribution in [0.25, 0.3) is 0 Å². The summed E-state index contributed by atoms with van der Waals surface area (Å²) in [4.78, 5) is 14.0. The molecule has 3 heterocycles. The highest BCUT2D eigenvalue weighted by Crippen LogP contribution is 2.34. The molecule has 0 saturated carbocycles. The average molecular weight is 276 g/mol. The molecule has 0 N–H and O–H groups in total. The van der Waals surface area contributed by atoms with Crippen molar-refractivity contribution in [1.82, 2.24) is 14.9 Å². The van der Waals surface area contributed by atoms with E-state index >= 15 is 0 Å². The lowest BCUT2D eigenvalue weighted by Crippen LogP contribution is -2.39. The van der Waals surface area contributed by atoms with E-state index in [1.807, 2.05) is 19.9 Å². The Morgan fingerprint density at radius 1 is 1.25 bits per heavy atom. The predicted molar refractivity (Wildman–Crippen MR) is 79.3 cm³/mol. The highest BCUT2D eigenvalue weighted by molar-refractivity contribution is 5.46. The summed E-state index contributed by atoms with van der Waals surface area (Å²) in [5.41, 5.74) is 0. The van der Waals surface area contributed by atoms with Gasteiger partial charge >= 0.3 is 0 Å². The van der Waals surface area contributed by atoms with Gasteiger partial charge in [0.25, 0.3) is 0 Å². The van der Waals surface area contributed by atoms with Crippen molar-refractivity contribution in [2.24, 2.45) is 0 Å². The molecule has 0 spiro atoms. The Hall–Kier alpha value is -1.36. The van der Waals surface area contributed by atoms with Gasteiger partial charge in [-0.1, -0.05) is 0 Å². The first-order valence-corrected chi connectivity index (χ1v) is 7.62. The van der Waals surface area contributed by atoms with Gasteiger partial charge in [0.2, 0.25) is 5.88 Å². The molecule has 2 aliphatic heterocycles. The van der Waals surface area contributed by atoms with E-state index in [1.165, 1.54) is 25.8 Å². The van der Waals surface area contributed by atoms with Crippen molar-refractivity contribution < 1.29 is 4.74 Å². The summed E-state index contributed by atoms with van der Waals surface area (Å²) < 4.78 is 5.57. The number of aromatic nitrogens is 2. The minimum atomic E-state index is 0.580. The van der Waals surface area contributed by atoms with Crippen LogP contribution in [0.1, 0.15) is 32.0 Å². The van der Waals surface area contributed by atoms with Gasteiger partial charge in [-0.3, -0.25) is 0 Å². The summed E-state index contributed by atoms with van der Waals surface area (Å²) in [6, 6.07) is 3.21. The van der Waals surface area contributed by atoms with Crippen LogP contribution >= 0.6 is 0 Å². The molecule has 5 nitrogen and oxygen atoms in total. The molecular weight excluding hydrogens is 252 g/mol. The Kier molecular flexibility index (Phi) is 3.78. The largest absolute Gasteiger partial charge is 0.478 e. The monoisotopic (exact) mass is 276 g/mol. The van der Waals surface area contributed by atoms with Crippen LogP contribution in [0.4, 0.5) is 5.82 Å². The molecule has 2 bridgehead atoms. The summed E-state index contributed by atoms with van der Waals surface area (Å²) in [6.07, 6.45) is 3.77. The Balaban J connectivity index is 1.91. The zero-order chi connectivity index (χ0) is 14.1. The Morgan fingerprint density at radius 2 is 2.05 bits per heavy atom. The van der Waals surface area contributed by atoms with E-state index < -0.39 is 0 Å². The molecule has 0 unspecified atom stereocenters. The molecular formula is C15H24N4O. The first-order valence-electron chi connectivity index (χ1n) is 7.62. The number of hydrogen-bond donors (Lipinski definition) is 0. The Bertz CT molecular complexity index is 479. The van der Waals surface area contributed by atoms with Gasteiger partial charge in [-0.15, -0.1) is 0 Å². The third kappa shape index (κ3) is 2.59. The lowest BCUT2D eigenvalue weighted by Gasteiger charge is -2.29. The van der Waals surface area contributed by atoms with E-state index in [9.17, 15) is 0 Å². The van der Waals surface area contributed by atoms with Crippen LogP contribution in [0, 0.1) is 6.92 Å². The lowest BCUT2D eigenvalue weighted by atomic mass is 10.1. The van der Waals surface area contributed by atoms with E-state index in [4.69, 9.17) is 4.74 Å². The van der Waals surface area contributed by atoms with Crippen LogP contribution in [-0.2, 0) is 0 Å². The Morgan fingerprint density at radius 3 is 2.85 bits per heavy atom. The number of hydrogen-bond acceptors (Lipinski definition) is 5. The molecule has 110 valence electrons. The SMILES string of the molecule is CCOc1cc(N2[C@@H]3CC[C@H]2CN(C)CC3)nc(C)n1. The molecule has 0 aromatic carbocycles. The van der Waals surface area contributed by atoms with Gasteiger partial charge in [-0.05, 0) is 46.7 Å². The number of anilines is 1. The van der Waals surface area contributed by atoms with E-state index in [0.29, 0.717) is 24.6 Å². The molecule has 1 aromatic rings. The van der Waals surface area contributed by atoms with Gasteiger partial charge in [0.05, 0.1) is 6.61 Å². The summed E-state index contributed by atoms with van der Waals surface area (Å²) in [7, 11) is 2.22. The van der Waals surface area contributed by atoms with Crippen molar-refractivity contribution in [1.29, 1.82) is 0 Å². The number of aryl methyl sites for hydroxylation is 1. The molecule has 2 saturated heterocycles. The summed E-state index contributed by atoms with van der Waals surface area (Å²) in [6.45, 7) is 6.88. The number of ether oxygens (including phenoxy) is 1. The fraction of sp³-hybridized carbons (Fsp3) is 0.733. The molecule has 2 atom stereocenters. The normalized spacial score (nSPS) is 26.6. The van der Waals surface area contributed by atoms with Gasteiger partial charge in [0.15, 0.2) is 0 Å². The quantitative estimate of drug-likeness (QED) is 0.843. The van der Waals surface area contributed by atoms with E-state index in [1.54, 1.807) is 0 Å². The van der Waals surface area contributed by atoms with Crippen molar-refractivity contribution >= 4 is 5.82 Å². The van der Waals surface area contributed by atoms with Gasteiger partial charge in [0.1, 0.15) is 11.6 Å². The van der Waals surface area contributed by atoms with Crippen molar-refractivity contribution in [2.75, 3.05) is 31.6 Å². The first-order chi connectivity index (χ1) is 9.67. The molecule has 0 radical (unpaired) electrons. The molecule has 0 amide bonds. The van der Waals surface area contributed by atoms with E-state index in [0.717, 1.165) is 18.2 Å². The highest BCUT2D eigenvalue weighted by Gasteiger charge is 2.37. The maximum atomic E-state index is 5.57. The van der Waals surface area contributed by atoms with Gasteiger partial charge in [-0.25, -0.2) is 4.98 Å². The molecule has 3 rings (SSSR count). The number of fused-ring (bicyclic) bond motifs is 2. The summed E-state index contributed by atoms with van der Waals surface area (Å²) >= 11 is 0. The third-order valence-electron chi connectivity index (χ3n) is 4.34. The van der Waals surface area contributed by atoms with Crippen LogP contribution < -0.4 is 9.64 Å². The smallest absolute Gasteiger partial charge is 0.218 e. The van der Waals surface area contributed by atoms with Crippen LogP contribution in [-0.4, -0.2) is 53.7 Å². The van der Waals surface area contributed by atoms with Gasteiger partial charge < -0.3 is 14.5 Å². The zero-order valence-corrected chi connectivity index (χ0v) is 12.7. The van der Waals surface area contributed by atoms with Crippen LogP contribution in [0.2, 0.25) is 0 Å². The van der Waals surface area contributed by atoms with Crippen LogP contribution in [0.5, 0.6) is 5.88 Å². The average Bonchev–Trinajstić information content (AvgIpc) is 2.69. The molecule has 5 heteroatoms. The zero-order valence-electron chi connectivity index (χ0n) is 12.7. The van der Waals surface area contributed by atoms with E-state index in [-0.39, 0.29) is 0 Å². The number of likely N-dealkylation sites (N-methyl/N-ethyl adjacent to an activating group) is 1. The highest BCUT2D eigenvalue weighted by atomic mass is 16.5. The van der Waals surface area contributed by atoms with Crippen molar-refractivity contribution in [3.8, 4) is 5.88 Å². The molecule has 20 heavy (non-hydrogen) atoms. The molecule has 1 aromatic heterocycles. The fourth-order valence-corrected chi connectivity index (χ4v) is 3.50. The summed E-state index contributed by atoms with van der Waals surface area (Å²) in [5, 5.41) is 0. The van der Waals surface area contributed by atoms with Crippen molar-refractivity contribution in [3.05, 3.63) is 11.9 Å². The standard InChI is InChI=1S/C15H24N4O/c1-4-20-15-9-14(16-11(2)17-15)19-12-5-6-13(19)10-18(3)8-7-12/h9,12-13H,4-8,10H2,1-3H3/t12-,13+/m1/s1. The molecule has 2 fully saturated rings. The van der Waals surface area contributed by atoms with Crippen molar-refractivity contribution in [3.63, 3.8) is 0 Å². The minimum absolute atomic E-state index is 0.580. The van der Waals surface area contributed by atoms with E-state index in [2.05, 4.69) is 26.8 Å². The number of likely N-dealkylation sites (tertiary alicyclic amines) is 1. The number of nitrogens with zero attached hydrogens (tertiary/aromatic N) is 4. The second-order valence-electron chi connectivity index (χ2n) is 5.89. The van der Waals surface area contributed by atoms with Crippen LogP contribution in [0.3, 0.4) is 0 Å². The van der Waals surface area contributed by atoms with Crippen LogP contribution in [0.15, 0.2) is 6.07 Å². The lowest BCUT2D eigenvalue weighted by molar-refractivity contribution is 0.314. The fourth-order valence-electron chi connectivity index (χ4n) is 3.50. The van der Waals surface area contributed by atoms with Gasteiger partial charge in [0, 0.05) is 24.7 Å². The summed E-state index contributed by atoms with van der Waals surface area (Å²) in [5.74, 6) is 2.54. The molecule has 2 aliphatic rings. The van der Waals surface area contributed by atoms with Gasteiger partial charge in [-0.2, -0.15) is 4.98 Å². The second kappa shape index (κ2) is 5.56. The first kappa shape index (κ1) is 13.6. The maximum absolute atomic E-state index is 5.57. The topological polar surface area (TPSA) is 41.5 Å². The van der Waals surface area contributed by atoms with Crippen molar-refractivity contribution in [2.45, 2.75) is 45.2 Å². The Labute approximate surface area is 121 Å².